The minimum absolute atomic E-state index is 0.114. The van der Waals surface area contributed by atoms with Crippen LogP contribution in [0.1, 0.15) is 56.7 Å². The Balaban J connectivity index is 2.51. The van der Waals surface area contributed by atoms with E-state index in [9.17, 15) is 4.79 Å². The van der Waals surface area contributed by atoms with Gasteiger partial charge in [-0.2, -0.15) is 0 Å². The third-order valence-corrected chi connectivity index (χ3v) is 3.35. The number of aldehydes is 1. The quantitative estimate of drug-likeness (QED) is 0.801. The summed E-state index contributed by atoms with van der Waals surface area (Å²) < 4.78 is 1.79. The van der Waals surface area contributed by atoms with Gasteiger partial charge in [0.05, 0.1) is 5.69 Å². The highest BCUT2D eigenvalue weighted by molar-refractivity contribution is 5.83. The first kappa shape index (κ1) is 14.4. The topological polar surface area (TPSA) is 47.8 Å². The van der Waals surface area contributed by atoms with Gasteiger partial charge >= 0.3 is 0 Å². The smallest absolute Gasteiger partial charge is 0.172 e. The molecule has 0 saturated heterocycles. The van der Waals surface area contributed by atoms with E-state index in [1.165, 1.54) is 5.56 Å². The summed E-state index contributed by atoms with van der Waals surface area (Å²) in [5.74, 6) is 0. The fourth-order valence-electron chi connectivity index (χ4n) is 2.15. The molecule has 0 bridgehead atoms. The molecule has 2 rings (SSSR count). The van der Waals surface area contributed by atoms with Crippen molar-refractivity contribution in [2.45, 2.75) is 46.1 Å². The average Bonchev–Trinajstić information content (AvgIpc) is 2.81. The van der Waals surface area contributed by atoms with Crippen molar-refractivity contribution < 1.29 is 4.79 Å². The van der Waals surface area contributed by atoms with Crippen molar-refractivity contribution >= 4 is 6.29 Å². The molecule has 1 aromatic heterocycles. The SMILES string of the molecule is CC(C)n1nnc(C=O)c1-c1ccc(C(C)(C)C)cc1. The Morgan fingerprint density at radius 3 is 2.20 bits per heavy atom. The average molecular weight is 271 g/mol. The number of benzene rings is 1. The fraction of sp³-hybridized carbons (Fsp3) is 0.438. The van der Waals surface area contributed by atoms with E-state index in [0.29, 0.717) is 5.69 Å². The molecule has 0 N–H and O–H groups in total. The van der Waals surface area contributed by atoms with Crippen LogP contribution in [0.2, 0.25) is 0 Å². The van der Waals surface area contributed by atoms with Gasteiger partial charge in [-0.15, -0.1) is 5.10 Å². The monoisotopic (exact) mass is 271 g/mol. The summed E-state index contributed by atoms with van der Waals surface area (Å²) in [5.41, 5.74) is 3.52. The second-order valence-electron chi connectivity index (χ2n) is 6.31. The Bertz CT molecular complexity index is 604. The molecule has 0 unspecified atom stereocenters. The molecule has 0 aliphatic rings. The molecule has 0 atom stereocenters. The minimum Gasteiger partial charge on any atom is -0.296 e. The summed E-state index contributed by atoms with van der Waals surface area (Å²) in [6.07, 6.45) is 0.763. The number of carbonyl (C=O) groups is 1. The predicted octanol–water partition coefficient (Wildman–Crippen LogP) is 3.64. The maximum atomic E-state index is 11.1. The van der Waals surface area contributed by atoms with Crippen LogP contribution in [0.4, 0.5) is 0 Å². The number of hydrogen-bond donors (Lipinski definition) is 0. The van der Waals surface area contributed by atoms with Gasteiger partial charge in [0, 0.05) is 11.6 Å². The molecular formula is C16H21N3O. The van der Waals surface area contributed by atoms with Crippen LogP contribution >= 0.6 is 0 Å². The third-order valence-electron chi connectivity index (χ3n) is 3.35. The molecule has 4 nitrogen and oxygen atoms in total. The zero-order valence-electron chi connectivity index (χ0n) is 12.7. The second kappa shape index (κ2) is 5.19. The largest absolute Gasteiger partial charge is 0.296 e. The summed E-state index contributed by atoms with van der Waals surface area (Å²) in [5, 5.41) is 8.02. The molecule has 0 saturated carbocycles. The maximum absolute atomic E-state index is 11.1. The van der Waals surface area contributed by atoms with E-state index in [0.717, 1.165) is 17.5 Å². The van der Waals surface area contributed by atoms with Crippen LogP contribution in [-0.4, -0.2) is 21.3 Å². The molecule has 0 amide bonds. The Morgan fingerprint density at radius 2 is 1.75 bits per heavy atom. The molecule has 4 heteroatoms. The van der Waals surface area contributed by atoms with E-state index in [1.807, 2.05) is 26.0 Å². The molecule has 1 aromatic carbocycles. The lowest BCUT2D eigenvalue weighted by molar-refractivity contribution is 0.111. The summed E-state index contributed by atoms with van der Waals surface area (Å²) in [6, 6.07) is 8.42. The lowest BCUT2D eigenvalue weighted by Gasteiger charge is -2.19. The molecule has 20 heavy (non-hydrogen) atoms. The highest BCUT2D eigenvalue weighted by atomic mass is 16.1. The van der Waals surface area contributed by atoms with Crippen molar-refractivity contribution in [3.63, 3.8) is 0 Å². The number of nitrogens with zero attached hydrogens (tertiary/aromatic N) is 3. The molecule has 0 aliphatic carbocycles. The van der Waals surface area contributed by atoms with Crippen LogP contribution < -0.4 is 0 Å². The van der Waals surface area contributed by atoms with Crippen LogP contribution in [0.3, 0.4) is 0 Å². The Labute approximate surface area is 119 Å². The molecule has 0 radical (unpaired) electrons. The van der Waals surface area contributed by atoms with Crippen molar-refractivity contribution in [3.05, 3.63) is 35.5 Å². The van der Waals surface area contributed by atoms with Crippen LogP contribution in [-0.2, 0) is 5.41 Å². The van der Waals surface area contributed by atoms with E-state index in [2.05, 4.69) is 43.2 Å². The molecule has 106 valence electrons. The van der Waals surface area contributed by atoms with Crippen molar-refractivity contribution in [1.29, 1.82) is 0 Å². The second-order valence-corrected chi connectivity index (χ2v) is 6.31. The van der Waals surface area contributed by atoms with E-state index in [-0.39, 0.29) is 11.5 Å². The van der Waals surface area contributed by atoms with Crippen molar-refractivity contribution in [3.8, 4) is 11.3 Å². The Hall–Kier alpha value is -1.97. The zero-order valence-corrected chi connectivity index (χ0v) is 12.7. The number of rotatable bonds is 3. The van der Waals surface area contributed by atoms with E-state index in [1.54, 1.807) is 4.68 Å². The van der Waals surface area contributed by atoms with Gasteiger partial charge in [0.2, 0.25) is 0 Å². The summed E-state index contributed by atoms with van der Waals surface area (Å²) >= 11 is 0. The maximum Gasteiger partial charge on any atom is 0.172 e. The number of hydrogen-bond acceptors (Lipinski definition) is 3. The zero-order chi connectivity index (χ0) is 14.9. The van der Waals surface area contributed by atoms with Crippen molar-refractivity contribution in [2.24, 2.45) is 0 Å². The first-order valence-electron chi connectivity index (χ1n) is 6.86. The third kappa shape index (κ3) is 2.64. The first-order valence-corrected chi connectivity index (χ1v) is 6.86. The van der Waals surface area contributed by atoms with E-state index >= 15 is 0 Å². The first-order chi connectivity index (χ1) is 9.34. The molecule has 0 aliphatic heterocycles. The van der Waals surface area contributed by atoms with Gasteiger partial charge in [-0.1, -0.05) is 50.3 Å². The lowest BCUT2D eigenvalue weighted by atomic mass is 9.86. The molecule has 0 fully saturated rings. The van der Waals surface area contributed by atoms with Gasteiger partial charge < -0.3 is 0 Å². The van der Waals surface area contributed by atoms with Crippen LogP contribution in [0.15, 0.2) is 24.3 Å². The summed E-state index contributed by atoms with van der Waals surface area (Å²) in [6.45, 7) is 10.6. The van der Waals surface area contributed by atoms with Crippen LogP contribution in [0.25, 0.3) is 11.3 Å². The standard InChI is InChI=1S/C16H21N3O/c1-11(2)19-15(14(10-20)17-18-19)12-6-8-13(9-7-12)16(3,4)5/h6-11H,1-5H3. The minimum atomic E-state index is 0.114. The van der Waals surface area contributed by atoms with Crippen LogP contribution in [0, 0.1) is 0 Å². The van der Waals surface area contributed by atoms with Gasteiger partial charge in [-0.3, -0.25) is 4.79 Å². The normalized spacial score (nSPS) is 11.9. The van der Waals surface area contributed by atoms with Gasteiger partial charge in [-0.25, -0.2) is 4.68 Å². The Kier molecular flexibility index (Phi) is 3.75. The Morgan fingerprint density at radius 1 is 1.15 bits per heavy atom. The van der Waals surface area contributed by atoms with E-state index < -0.39 is 0 Å². The summed E-state index contributed by atoms with van der Waals surface area (Å²) in [7, 11) is 0. The van der Waals surface area contributed by atoms with Gasteiger partial charge in [0.25, 0.3) is 0 Å². The van der Waals surface area contributed by atoms with E-state index in [4.69, 9.17) is 0 Å². The highest BCUT2D eigenvalue weighted by Gasteiger charge is 2.18. The predicted molar refractivity (Wildman–Crippen MR) is 79.9 cm³/mol. The molecule has 0 spiro atoms. The molecule has 1 heterocycles. The number of carbonyl (C=O) groups excluding carboxylic acids is 1. The fourth-order valence-corrected chi connectivity index (χ4v) is 2.15. The van der Waals surface area contributed by atoms with Crippen LogP contribution in [0.5, 0.6) is 0 Å². The van der Waals surface area contributed by atoms with Gasteiger partial charge in [-0.05, 0) is 24.8 Å². The highest BCUT2D eigenvalue weighted by Crippen LogP contribution is 2.28. The molecule has 2 aromatic rings. The summed E-state index contributed by atoms with van der Waals surface area (Å²) in [4.78, 5) is 11.1. The number of aromatic nitrogens is 3. The molecular weight excluding hydrogens is 250 g/mol. The van der Waals surface area contributed by atoms with Gasteiger partial charge in [0.15, 0.2) is 12.0 Å². The lowest BCUT2D eigenvalue weighted by Crippen LogP contribution is -2.11. The van der Waals surface area contributed by atoms with Gasteiger partial charge in [0.1, 0.15) is 0 Å². The van der Waals surface area contributed by atoms with Crippen molar-refractivity contribution in [2.75, 3.05) is 0 Å². The van der Waals surface area contributed by atoms with Crippen molar-refractivity contribution in [1.82, 2.24) is 15.0 Å².